The number of nitrogens with zero attached hydrogens (tertiary/aromatic N) is 1. The lowest BCUT2D eigenvalue weighted by Gasteiger charge is -2.04. The Kier molecular flexibility index (Phi) is 3.33. The molecule has 3 aromatic rings. The molecule has 1 amide bonds. The third kappa shape index (κ3) is 2.61. The molecule has 0 bridgehead atoms. The molecule has 0 aliphatic rings. The summed E-state index contributed by atoms with van der Waals surface area (Å²) >= 11 is 0. The lowest BCUT2D eigenvalue weighted by atomic mass is 10.1. The summed E-state index contributed by atoms with van der Waals surface area (Å²) in [7, 11) is 0. The zero-order valence-corrected chi connectivity index (χ0v) is 10.7. The highest BCUT2D eigenvalue weighted by atomic mass is 16.3. The molecule has 2 aromatic heterocycles. The van der Waals surface area contributed by atoms with E-state index in [4.69, 9.17) is 4.42 Å². The van der Waals surface area contributed by atoms with Crippen LogP contribution in [0.25, 0.3) is 11.1 Å². The van der Waals surface area contributed by atoms with Crippen molar-refractivity contribution in [3.63, 3.8) is 0 Å². The summed E-state index contributed by atoms with van der Waals surface area (Å²) in [6.45, 7) is 0.384. The number of H-pyrrole nitrogens is 1. The molecular weight excluding hydrogens is 254 g/mol. The molecule has 0 saturated carbocycles. The molecule has 0 spiro atoms. The topological polar surface area (TPSA) is 70.9 Å². The van der Waals surface area contributed by atoms with Gasteiger partial charge in [0.2, 0.25) is 0 Å². The van der Waals surface area contributed by atoms with Crippen molar-refractivity contribution in [2.75, 3.05) is 0 Å². The molecule has 0 aliphatic heterocycles. The van der Waals surface area contributed by atoms with E-state index in [1.54, 1.807) is 30.7 Å². The number of rotatable bonds is 4. The second-order valence-electron chi connectivity index (χ2n) is 4.33. The van der Waals surface area contributed by atoms with E-state index in [1.807, 2.05) is 24.4 Å². The predicted molar refractivity (Wildman–Crippen MR) is 73.9 cm³/mol. The molecule has 0 atom stereocenters. The average Bonchev–Trinajstić information content (AvgIpc) is 3.18. The van der Waals surface area contributed by atoms with E-state index < -0.39 is 0 Å². The van der Waals surface area contributed by atoms with E-state index in [9.17, 15) is 4.79 Å². The molecule has 5 nitrogen and oxygen atoms in total. The van der Waals surface area contributed by atoms with Gasteiger partial charge in [-0.2, -0.15) is 5.10 Å². The van der Waals surface area contributed by atoms with Gasteiger partial charge < -0.3 is 9.73 Å². The molecule has 2 heterocycles. The Morgan fingerprint density at radius 2 is 2.05 bits per heavy atom. The van der Waals surface area contributed by atoms with Gasteiger partial charge in [0.05, 0.1) is 19.0 Å². The van der Waals surface area contributed by atoms with Crippen LogP contribution in [0.15, 0.2) is 59.5 Å². The van der Waals surface area contributed by atoms with Gasteiger partial charge in [-0.25, -0.2) is 0 Å². The number of hydrogen-bond donors (Lipinski definition) is 2. The Morgan fingerprint density at radius 1 is 1.20 bits per heavy atom. The van der Waals surface area contributed by atoms with E-state index in [1.165, 1.54) is 0 Å². The van der Waals surface area contributed by atoms with Crippen LogP contribution < -0.4 is 5.32 Å². The summed E-state index contributed by atoms with van der Waals surface area (Å²) in [5.74, 6) is 0.605. The van der Waals surface area contributed by atoms with E-state index in [0.29, 0.717) is 12.1 Å². The normalized spacial score (nSPS) is 10.4. The number of nitrogens with one attached hydrogen (secondary N) is 2. The number of benzene rings is 1. The van der Waals surface area contributed by atoms with Gasteiger partial charge in [-0.3, -0.25) is 9.89 Å². The fourth-order valence-electron chi connectivity index (χ4n) is 1.91. The van der Waals surface area contributed by atoms with Crippen LogP contribution in [0.1, 0.15) is 16.1 Å². The zero-order chi connectivity index (χ0) is 13.8. The summed E-state index contributed by atoms with van der Waals surface area (Å²) in [4.78, 5) is 12.0. The summed E-state index contributed by atoms with van der Waals surface area (Å²) in [6.07, 6.45) is 5.14. The molecule has 20 heavy (non-hydrogen) atoms. The number of hydrogen-bond acceptors (Lipinski definition) is 3. The highest BCUT2D eigenvalue weighted by Crippen LogP contribution is 2.17. The third-order valence-electron chi connectivity index (χ3n) is 2.98. The molecule has 2 N–H and O–H groups in total. The second kappa shape index (κ2) is 5.44. The molecule has 1 aromatic carbocycles. The van der Waals surface area contributed by atoms with Gasteiger partial charge in [-0.15, -0.1) is 0 Å². The molecule has 0 radical (unpaired) electrons. The second-order valence-corrected chi connectivity index (χ2v) is 4.33. The highest BCUT2D eigenvalue weighted by molar-refractivity contribution is 5.94. The molecule has 0 fully saturated rings. The summed E-state index contributed by atoms with van der Waals surface area (Å²) in [5.41, 5.74) is 2.62. The standard InChI is InChI=1S/C15H13N3O2/c19-15(16-10-14-2-1-7-20-14)12-5-3-11(4-6-12)13-8-17-18-9-13/h1-9H,10H2,(H,16,19)(H,17,18). The Balaban J connectivity index is 1.66. The molecule has 100 valence electrons. The van der Waals surface area contributed by atoms with Crippen molar-refractivity contribution >= 4 is 5.91 Å². The third-order valence-corrected chi connectivity index (χ3v) is 2.98. The van der Waals surface area contributed by atoms with Gasteiger partial charge in [0.1, 0.15) is 5.76 Å². The number of aromatic nitrogens is 2. The maximum absolute atomic E-state index is 12.0. The molecule has 0 aliphatic carbocycles. The van der Waals surface area contributed by atoms with Gasteiger partial charge in [-0.1, -0.05) is 12.1 Å². The fourth-order valence-corrected chi connectivity index (χ4v) is 1.91. The number of amides is 1. The highest BCUT2D eigenvalue weighted by Gasteiger charge is 2.06. The van der Waals surface area contributed by atoms with E-state index in [-0.39, 0.29) is 5.91 Å². The SMILES string of the molecule is O=C(NCc1ccco1)c1ccc(-c2cn[nH]c2)cc1. The van der Waals surface area contributed by atoms with Crippen LogP contribution in [0.2, 0.25) is 0 Å². The molecule has 5 heteroatoms. The lowest BCUT2D eigenvalue weighted by molar-refractivity contribution is 0.0948. The smallest absolute Gasteiger partial charge is 0.251 e. The first kappa shape index (κ1) is 12.2. The van der Waals surface area contributed by atoms with Crippen molar-refractivity contribution in [2.45, 2.75) is 6.54 Å². The maximum Gasteiger partial charge on any atom is 0.251 e. The van der Waals surface area contributed by atoms with Crippen molar-refractivity contribution in [3.8, 4) is 11.1 Å². The number of aromatic amines is 1. The minimum atomic E-state index is -0.125. The van der Waals surface area contributed by atoms with Crippen LogP contribution in [0.5, 0.6) is 0 Å². The molecule has 0 saturated heterocycles. The van der Waals surface area contributed by atoms with Crippen LogP contribution in [0, 0.1) is 0 Å². The number of carbonyl (C=O) groups is 1. The Labute approximate surface area is 115 Å². The van der Waals surface area contributed by atoms with Gasteiger partial charge in [0.25, 0.3) is 5.91 Å². The minimum absolute atomic E-state index is 0.125. The van der Waals surface area contributed by atoms with E-state index >= 15 is 0 Å². The summed E-state index contributed by atoms with van der Waals surface area (Å²) in [5, 5.41) is 9.47. The number of furan rings is 1. The lowest BCUT2D eigenvalue weighted by Crippen LogP contribution is -2.22. The van der Waals surface area contributed by atoms with Crippen LogP contribution in [0.4, 0.5) is 0 Å². The summed E-state index contributed by atoms with van der Waals surface area (Å²) in [6, 6.07) is 11.0. The fraction of sp³-hybridized carbons (Fsp3) is 0.0667. The predicted octanol–water partition coefficient (Wildman–Crippen LogP) is 2.60. The van der Waals surface area contributed by atoms with Crippen molar-refractivity contribution in [1.29, 1.82) is 0 Å². The van der Waals surface area contributed by atoms with Crippen molar-refractivity contribution < 1.29 is 9.21 Å². The molecule has 3 rings (SSSR count). The van der Waals surface area contributed by atoms with Gasteiger partial charge in [0, 0.05) is 17.3 Å². The Hall–Kier alpha value is -2.82. The van der Waals surface area contributed by atoms with Crippen LogP contribution >= 0.6 is 0 Å². The Morgan fingerprint density at radius 3 is 2.70 bits per heavy atom. The van der Waals surface area contributed by atoms with Crippen molar-refractivity contribution in [1.82, 2.24) is 15.5 Å². The minimum Gasteiger partial charge on any atom is -0.467 e. The maximum atomic E-state index is 12.0. The molecular formula is C15H13N3O2. The monoisotopic (exact) mass is 267 g/mol. The van der Waals surface area contributed by atoms with E-state index in [0.717, 1.165) is 16.9 Å². The van der Waals surface area contributed by atoms with Crippen LogP contribution in [-0.2, 0) is 6.54 Å². The Bertz CT molecular complexity index is 671. The average molecular weight is 267 g/mol. The van der Waals surface area contributed by atoms with Gasteiger partial charge >= 0.3 is 0 Å². The van der Waals surface area contributed by atoms with Crippen LogP contribution in [0.3, 0.4) is 0 Å². The van der Waals surface area contributed by atoms with Crippen molar-refractivity contribution in [3.05, 3.63) is 66.4 Å². The van der Waals surface area contributed by atoms with Gasteiger partial charge in [0.15, 0.2) is 0 Å². The molecule has 0 unspecified atom stereocenters. The first-order valence-corrected chi connectivity index (χ1v) is 6.23. The summed E-state index contributed by atoms with van der Waals surface area (Å²) < 4.78 is 5.16. The van der Waals surface area contributed by atoms with Gasteiger partial charge in [-0.05, 0) is 29.8 Å². The zero-order valence-electron chi connectivity index (χ0n) is 10.7. The van der Waals surface area contributed by atoms with E-state index in [2.05, 4.69) is 15.5 Å². The number of carbonyl (C=O) groups excluding carboxylic acids is 1. The first-order chi connectivity index (χ1) is 9.83. The largest absolute Gasteiger partial charge is 0.467 e. The quantitative estimate of drug-likeness (QED) is 0.763. The van der Waals surface area contributed by atoms with Crippen molar-refractivity contribution in [2.24, 2.45) is 0 Å². The first-order valence-electron chi connectivity index (χ1n) is 6.23. The van der Waals surface area contributed by atoms with Crippen LogP contribution in [-0.4, -0.2) is 16.1 Å².